The zero-order valence-corrected chi connectivity index (χ0v) is 13.2. The van der Waals surface area contributed by atoms with E-state index in [-0.39, 0.29) is 15.6 Å². The molecule has 0 amide bonds. The SMILES string of the molecule is CN1CCC(NS(=O)(=O)c2cc(C(=O)O)oc2Br)CC1. The number of furan rings is 1. The molecule has 1 fully saturated rings. The van der Waals surface area contributed by atoms with Gasteiger partial charge in [-0.25, -0.2) is 17.9 Å². The molecule has 0 atom stereocenters. The van der Waals surface area contributed by atoms with E-state index in [9.17, 15) is 13.2 Å². The molecule has 7 nitrogen and oxygen atoms in total. The molecule has 0 unspecified atom stereocenters. The van der Waals surface area contributed by atoms with E-state index in [4.69, 9.17) is 9.52 Å². The summed E-state index contributed by atoms with van der Waals surface area (Å²) < 4.78 is 31.8. The van der Waals surface area contributed by atoms with E-state index in [0.717, 1.165) is 32.0 Å². The summed E-state index contributed by atoms with van der Waals surface area (Å²) in [5.74, 6) is -1.73. The number of nitrogens with one attached hydrogen (secondary N) is 1. The van der Waals surface area contributed by atoms with Gasteiger partial charge in [0.25, 0.3) is 0 Å². The molecule has 1 aromatic rings. The molecule has 1 aliphatic heterocycles. The van der Waals surface area contributed by atoms with Crippen molar-refractivity contribution in [1.29, 1.82) is 0 Å². The Morgan fingerprint density at radius 1 is 1.50 bits per heavy atom. The van der Waals surface area contributed by atoms with Crippen LogP contribution in [0.5, 0.6) is 0 Å². The maximum absolute atomic E-state index is 12.2. The number of halogens is 1. The summed E-state index contributed by atoms with van der Waals surface area (Å²) in [6.07, 6.45) is 1.44. The number of aromatic carboxylic acids is 1. The maximum atomic E-state index is 12.2. The standard InChI is InChI=1S/C11H15BrN2O5S/c1-14-4-2-7(3-5-14)13-20(17,18)9-6-8(11(15)16)19-10(9)12/h6-7,13H,2-5H2,1H3,(H,15,16). The highest BCUT2D eigenvalue weighted by Crippen LogP contribution is 2.26. The van der Waals surface area contributed by atoms with Crippen molar-refractivity contribution in [2.24, 2.45) is 0 Å². The lowest BCUT2D eigenvalue weighted by Crippen LogP contribution is -2.43. The molecule has 1 aromatic heterocycles. The van der Waals surface area contributed by atoms with Crippen molar-refractivity contribution < 1.29 is 22.7 Å². The van der Waals surface area contributed by atoms with Crippen LogP contribution in [0.1, 0.15) is 23.4 Å². The van der Waals surface area contributed by atoms with Crippen LogP contribution < -0.4 is 4.72 Å². The van der Waals surface area contributed by atoms with Gasteiger partial charge in [0.15, 0.2) is 4.67 Å². The minimum atomic E-state index is -3.79. The Kier molecular flexibility index (Phi) is 4.52. The molecule has 0 bridgehead atoms. The van der Waals surface area contributed by atoms with E-state index >= 15 is 0 Å². The van der Waals surface area contributed by atoms with Gasteiger partial charge < -0.3 is 14.4 Å². The highest BCUT2D eigenvalue weighted by Gasteiger charge is 2.28. The van der Waals surface area contributed by atoms with Gasteiger partial charge in [0.1, 0.15) is 4.90 Å². The first kappa shape index (κ1) is 15.5. The highest BCUT2D eigenvalue weighted by atomic mass is 79.9. The molecule has 112 valence electrons. The van der Waals surface area contributed by atoms with Crippen LogP contribution in [0, 0.1) is 0 Å². The summed E-state index contributed by atoms with van der Waals surface area (Å²) in [4.78, 5) is 12.7. The normalized spacial score (nSPS) is 18.3. The molecule has 0 saturated carbocycles. The van der Waals surface area contributed by atoms with Crippen molar-refractivity contribution in [3.8, 4) is 0 Å². The van der Waals surface area contributed by atoms with Crippen LogP contribution in [-0.2, 0) is 10.0 Å². The number of hydrogen-bond acceptors (Lipinski definition) is 5. The first-order valence-electron chi connectivity index (χ1n) is 6.03. The summed E-state index contributed by atoms with van der Waals surface area (Å²) >= 11 is 2.94. The lowest BCUT2D eigenvalue weighted by Gasteiger charge is -2.29. The van der Waals surface area contributed by atoms with Gasteiger partial charge in [0.2, 0.25) is 15.8 Å². The summed E-state index contributed by atoms with van der Waals surface area (Å²) in [6.45, 7) is 1.64. The summed E-state index contributed by atoms with van der Waals surface area (Å²) in [5.41, 5.74) is 0. The van der Waals surface area contributed by atoms with Crippen molar-refractivity contribution in [3.63, 3.8) is 0 Å². The third-order valence-corrected chi connectivity index (χ3v) is 5.57. The number of rotatable bonds is 4. The van der Waals surface area contributed by atoms with Crippen LogP contribution in [-0.4, -0.2) is 50.6 Å². The predicted octanol–water partition coefficient (Wildman–Crippen LogP) is 1.11. The second-order valence-electron chi connectivity index (χ2n) is 4.75. The molecule has 1 aliphatic rings. The first-order valence-corrected chi connectivity index (χ1v) is 8.30. The van der Waals surface area contributed by atoms with Crippen molar-refractivity contribution in [1.82, 2.24) is 9.62 Å². The molecule has 0 aromatic carbocycles. The molecule has 0 spiro atoms. The van der Waals surface area contributed by atoms with E-state index in [1.807, 2.05) is 7.05 Å². The zero-order valence-electron chi connectivity index (χ0n) is 10.8. The lowest BCUT2D eigenvalue weighted by atomic mass is 10.1. The van der Waals surface area contributed by atoms with Gasteiger partial charge in [-0.1, -0.05) is 0 Å². The monoisotopic (exact) mass is 366 g/mol. The largest absolute Gasteiger partial charge is 0.475 e. The molecule has 9 heteroatoms. The van der Waals surface area contributed by atoms with Gasteiger partial charge in [-0.15, -0.1) is 0 Å². The van der Waals surface area contributed by atoms with E-state index in [0.29, 0.717) is 0 Å². The Bertz CT molecular complexity index is 604. The van der Waals surface area contributed by atoms with E-state index in [1.165, 1.54) is 0 Å². The van der Waals surface area contributed by atoms with Gasteiger partial charge in [0, 0.05) is 12.1 Å². The first-order chi connectivity index (χ1) is 9.29. The molecule has 2 rings (SSSR count). The Morgan fingerprint density at radius 2 is 2.10 bits per heavy atom. The average Bonchev–Trinajstić information content (AvgIpc) is 2.75. The van der Waals surface area contributed by atoms with Crippen LogP contribution >= 0.6 is 15.9 Å². The number of piperidine rings is 1. The molecule has 0 radical (unpaired) electrons. The third-order valence-electron chi connectivity index (χ3n) is 3.20. The molecule has 1 saturated heterocycles. The molecule has 2 N–H and O–H groups in total. The topological polar surface area (TPSA) is 99.9 Å². The minimum Gasteiger partial charge on any atom is -0.475 e. The number of carbonyl (C=O) groups is 1. The number of hydrogen-bond donors (Lipinski definition) is 2. The fourth-order valence-corrected chi connectivity index (χ4v) is 4.29. The Morgan fingerprint density at radius 3 is 2.60 bits per heavy atom. The quantitative estimate of drug-likeness (QED) is 0.827. The van der Waals surface area contributed by atoms with Crippen molar-refractivity contribution >= 4 is 31.9 Å². The van der Waals surface area contributed by atoms with Gasteiger partial charge in [0.05, 0.1) is 0 Å². The molecular formula is C11H15BrN2O5S. The maximum Gasteiger partial charge on any atom is 0.371 e. The van der Waals surface area contributed by atoms with E-state index in [2.05, 4.69) is 25.6 Å². The van der Waals surface area contributed by atoms with Gasteiger partial charge >= 0.3 is 5.97 Å². The summed E-state index contributed by atoms with van der Waals surface area (Å²) in [5, 5.41) is 8.80. The second kappa shape index (κ2) is 5.84. The molecular weight excluding hydrogens is 352 g/mol. The van der Waals surface area contributed by atoms with Gasteiger partial charge in [-0.05, 0) is 48.9 Å². The fraction of sp³-hybridized carbons (Fsp3) is 0.545. The summed E-state index contributed by atoms with van der Waals surface area (Å²) in [7, 11) is -1.81. The van der Waals surface area contributed by atoms with Crippen LogP contribution in [0.15, 0.2) is 20.0 Å². The number of likely N-dealkylation sites (tertiary alicyclic amines) is 1. The Labute approximate surface area is 125 Å². The summed E-state index contributed by atoms with van der Waals surface area (Å²) in [6, 6.07) is 0.857. The van der Waals surface area contributed by atoms with Crippen LogP contribution in [0.25, 0.3) is 0 Å². The predicted molar refractivity (Wildman–Crippen MR) is 74.2 cm³/mol. The Hall–Kier alpha value is -0.900. The van der Waals surface area contributed by atoms with Gasteiger partial charge in [-0.3, -0.25) is 0 Å². The Balaban J connectivity index is 2.16. The smallest absolute Gasteiger partial charge is 0.371 e. The number of carboxylic acid groups (broad SMARTS) is 1. The average molecular weight is 367 g/mol. The zero-order chi connectivity index (χ0) is 14.9. The van der Waals surface area contributed by atoms with Crippen molar-refractivity contribution in [2.75, 3.05) is 20.1 Å². The minimum absolute atomic E-state index is 0.102. The molecule has 0 aliphatic carbocycles. The van der Waals surface area contributed by atoms with Crippen LogP contribution in [0.3, 0.4) is 0 Å². The molecule has 20 heavy (non-hydrogen) atoms. The third kappa shape index (κ3) is 3.40. The van der Waals surface area contributed by atoms with Crippen molar-refractivity contribution in [2.45, 2.75) is 23.8 Å². The molecule has 2 heterocycles. The second-order valence-corrected chi connectivity index (χ2v) is 7.16. The van der Waals surface area contributed by atoms with Crippen LogP contribution in [0.4, 0.5) is 0 Å². The van der Waals surface area contributed by atoms with Crippen LogP contribution in [0.2, 0.25) is 0 Å². The lowest BCUT2D eigenvalue weighted by molar-refractivity contribution is 0.0661. The number of carboxylic acids is 1. The van der Waals surface area contributed by atoms with E-state index < -0.39 is 21.8 Å². The number of sulfonamides is 1. The van der Waals surface area contributed by atoms with Crippen molar-refractivity contribution in [3.05, 3.63) is 16.5 Å². The van der Waals surface area contributed by atoms with E-state index in [1.54, 1.807) is 0 Å². The fourth-order valence-electron chi connectivity index (χ4n) is 2.05. The van der Waals surface area contributed by atoms with Gasteiger partial charge in [-0.2, -0.15) is 0 Å². The number of nitrogens with zero attached hydrogens (tertiary/aromatic N) is 1. The highest BCUT2D eigenvalue weighted by molar-refractivity contribution is 9.10.